The van der Waals surface area contributed by atoms with Crippen molar-refractivity contribution in [1.29, 1.82) is 5.26 Å². The van der Waals surface area contributed by atoms with E-state index in [-0.39, 0.29) is 31.2 Å². The summed E-state index contributed by atoms with van der Waals surface area (Å²) in [6.45, 7) is 8.62. The Morgan fingerprint density at radius 2 is 1.10 bits per heavy atom. The third kappa shape index (κ3) is 9.60. The van der Waals surface area contributed by atoms with Crippen LogP contribution in [0.15, 0.2) is 181 Å². The third-order valence-electron chi connectivity index (χ3n) is 12.6. The SMILES string of the molecule is [2H]C([2H])(c1ccc(-c2[c-]ccc3c2oc2c(-c4ccccc4)c(C#N)ccc23)nc1)C([2H])([2H])c1cc(CC(C)(C)c2ccc(-c3[c-]cccc3)nc2)cc(CC(C)(C)c2ccc(-c3[c-]cccc3)nc2)c1.[Ir+3]. The van der Waals surface area contributed by atoms with Gasteiger partial charge in [-0.15, -0.1) is 90.0 Å². The Labute approximate surface area is 418 Å². The van der Waals surface area contributed by atoms with Crippen molar-refractivity contribution < 1.29 is 30.0 Å². The summed E-state index contributed by atoms with van der Waals surface area (Å²) in [6, 6.07) is 62.0. The van der Waals surface area contributed by atoms with Gasteiger partial charge in [-0.25, -0.2) is 0 Å². The summed E-state index contributed by atoms with van der Waals surface area (Å²) in [5, 5.41) is 11.7. The Bertz CT molecular complexity index is 3460. The van der Waals surface area contributed by atoms with Crippen molar-refractivity contribution in [3.63, 3.8) is 0 Å². The van der Waals surface area contributed by atoms with E-state index in [1.807, 2.05) is 134 Å². The maximum atomic E-state index is 10.1. The van der Waals surface area contributed by atoms with E-state index in [1.54, 1.807) is 18.2 Å². The van der Waals surface area contributed by atoms with Gasteiger partial charge in [-0.3, -0.25) is 0 Å². The van der Waals surface area contributed by atoms with Crippen LogP contribution in [0, 0.1) is 29.5 Å². The minimum absolute atomic E-state index is 0. The number of aryl methyl sites for hydroxylation is 2. The number of rotatable bonds is 13. The Balaban J connectivity index is 0.00000640. The molecule has 6 heteroatoms. The van der Waals surface area contributed by atoms with Gasteiger partial charge in [0.1, 0.15) is 5.58 Å². The molecule has 68 heavy (non-hydrogen) atoms. The predicted molar refractivity (Wildman–Crippen MR) is 270 cm³/mol. The van der Waals surface area contributed by atoms with Crippen LogP contribution in [0.25, 0.3) is 66.8 Å². The molecule has 332 valence electrons. The van der Waals surface area contributed by atoms with Crippen LogP contribution < -0.4 is 0 Å². The molecular weight excluding hydrogens is 1010 g/mol. The Morgan fingerprint density at radius 3 is 1.65 bits per heavy atom. The van der Waals surface area contributed by atoms with E-state index in [1.165, 1.54) is 6.20 Å². The van der Waals surface area contributed by atoms with Crippen molar-refractivity contribution in [3.8, 4) is 51.0 Å². The van der Waals surface area contributed by atoms with Crippen LogP contribution in [0.4, 0.5) is 0 Å². The van der Waals surface area contributed by atoms with Gasteiger partial charge in [0.15, 0.2) is 0 Å². The molecule has 4 heterocycles. The minimum Gasteiger partial charge on any atom is -0.500 e. The summed E-state index contributed by atoms with van der Waals surface area (Å²) < 4.78 is 45.1. The Morgan fingerprint density at radius 1 is 0.544 bits per heavy atom. The number of nitriles is 1. The largest absolute Gasteiger partial charge is 3.00 e. The maximum Gasteiger partial charge on any atom is 3.00 e. The van der Waals surface area contributed by atoms with Crippen molar-refractivity contribution in [2.45, 2.75) is 64.1 Å². The monoisotopic (exact) mass is 1060 g/mol. The second kappa shape index (κ2) is 19.5. The van der Waals surface area contributed by atoms with Crippen molar-refractivity contribution in [1.82, 2.24) is 15.0 Å². The second-order valence-corrected chi connectivity index (χ2v) is 18.3. The van der Waals surface area contributed by atoms with E-state index >= 15 is 0 Å². The van der Waals surface area contributed by atoms with E-state index in [4.69, 9.17) is 19.4 Å². The quantitative estimate of drug-likeness (QED) is 0.108. The average molecular weight is 1060 g/mol. The van der Waals surface area contributed by atoms with Crippen LogP contribution in [0.1, 0.15) is 72.1 Å². The first-order chi connectivity index (χ1) is 34.1. The molecule has 0 saturated heterocycles. The van der Waals surface area contributed by atoms with Crippen LogP contribution in [-0.2, 0) is 56.5 Å². The number of benzene rings is 6. The van der Waals surface area contributed by atoms with Gasteiger partial charge in [0.25, 0.3) is 0 Å². The van der Waals surface area contributed by atoms with Crippen molar-refractivity contribution >= 4 is 21.9 Å². The summed E-state index contributed by atoms with van der Waals surface area (Å²) in [7, 11) is 0. The number of aromatic nitrogens is 3. The van der Waals surface area contributed by atoms with E-state index in [2.05, 4.69) is 70.2 Å². The number of nitrogens with zero attached hydrogens (tertiary/aromatic N) is 4. The Hall–Kier alpha value is -7.29. The molecule has 5 nitrogen and oxygen atoms in total. The van der Waals surface area contributed by atoms with Gasteiger partial charge < -0.3 is 19.4 Å². The fraction of sp³-hybridized carbons (Fsp3) is 0.161. The molecule has 10 rings (SSSR count). The molecule has 0 aliphatic rings. The third-order valence-corrected chi connectivity index (χ3v) is 12.6. The number of fused-ring (bicyclic) bond motifs is 3. The molecule has 0 saturated carbocycles. The summed E-state index contributed by atoms with van der Waals surface area (Å²) in [5.74, 6) is 0. The molecular formula is C62H49IrN4O. The van der Waals surface area contributed by atoms with Gasteiger partial charge in [0.05, 0.1) is 17.2 Å². The first-order valence-electron chi connectivity index (χ1n) is 24.5. The van der Waals surface area contributed by atoms with Gasteiger partial charge in [-0.1, -0.05) is 130 Å². The van der Waals surface area contributed by atoms with Crippen molar-refractivity contribution in [2.75, 3.05) is 0 Å². The summed E-state index contributed by atoms with van der Waals surface area (Å²) >= 11 is 0. The predicted octanol–water partition coefficient (Wildman–Crippen LogP) is 14.5. The van der Waals surface area contributed by atoms with Crippen LogP contribution in [0.2, 0.25) is 0 Å². The molecule has 0 bridgehead atoms. The standard InChI is InChI=1S/C62H49N4O.Ir/c1-61(2,50-27-31-55(65-40-50)46-15-8-5-9-16-46)36-44-33-43(34-45(35-44)37-62(3,4)51-28-32-56(66-41-51)47-17-10-6-11-18-47)24-23-42-25-30-57(64-39-42)54-22-14-21-52-53-29-26-49(38-63)58(60(53)67-59(52)54)48-19-12-7-13-20-48;/h5-15,17,19-21,25-35,39-41H,23-24,36-37H2,1-4H3;/q-3;+3/i23D2,24D2;. The van der Waals surface area contributed by atoms with Gasteiger partial charge in [-0.05, 0) is 98.5 Å². The van der Waals surface area contributed by atoms with Crippen molar-refractivity contribution in [3.05, 3.63) is 233 Å². The molecule has 4 aromatic heterocycles. The molecule has 0 fully saturated rings. The van der Waals surface area contributed by atoms with Crippen molar-refractivity contribution in [2.24, 2.45) is 0 Å². The minimum atomic E-state index is -2.52. The number of pyridine rings is 3. The normalized spacial score (nSPS) is 12.9. The number of hydrogen-bond acceptors (Lipinski definition) is 5. The van der Waals surface area contributed by atoms with Crippen LogP contribution in [0.5, 0.6) is 0 Å². The summed E-state index contributed by atoms with van der Waals surface area (Å²) in [6.07, 6.45) is 1.28. The molecule has 0 aliphatic heterocycles. The summed E-state index contributed by atoms with van der Waals surface area (Å²) in [4.78, 5) is 14.3. The second-order valence-electron chi connectivity index (χ2n) is 18.3. The fourth-order valence-corrected chi connectivity index (χ4v) is 9.02. The molecule has 0 amide bonds. The first-order valence-corrected chi connectivity index (χ1v) is 22.5. The molecule has 0 atom stereocenters. The molecule has 6 aromatic carbocycles. The zero-order valence-corrected chi connectivity index (χ0v) is 40.6. The van der Waals surface area contributed by atoms with E-state index in [9.17, 15) is 10.7 Å². The van der Waals surface area contributed by atoms with Crippen LogP contribution in [0.3, 0.4) is 0 Å². The zero-order valence-electron chi connectivity index (χ0n) is 42.2. The molecule has 10 aromatic rings. The molecule has 0 N–H and O–H groups in total. The fourth-order valence-electron chi connectivity index (χ4n) is 9.02. The van der Waals surface area contributed by atoms with E-state index in [0.717, 1.165) is 61.1 Å². The maximum absolute atomic E-state index is 10.1. The smallest absolute Gasteiger partial charge is 0.500 e. The molecule has 0 radical (unpaired) electrons. The van der Waals surface area contributed by atoms with Gasteiger partial charge in [-0.2, -0.15) is 5.26 Å². The van der Waals surface area contributed by atoms with Gasteiger partial charge >= 0.3 is 20.1 Å². The van der Waals surface area contributed by atoms with E-state index in [0.29, 0.717) is 46.4 Å². The van der Waals surface area contributed by atoms with Crippen LogP contribution in [-0.4, -0.2) is 15.0 Å². The van der Waals surface area contributed by atoms with Gasteiger partial charge in [0.2, 0.25) is 0 Å². The van der Waals surface area contributed by atoms with E-state index < -0.39 is 23.6 Å². The topological polar surface area (TPSA) is 75.6 Å². The number of hydrogen-bond donors (Lipinski definition) is 0. The van der Waals surface area contributed by atoms with Crippen LogP contribution >= 0.6 is 0 Å². The first kappa shape index (κ1) is 40.9. The molecule has 0 aliphatic carbocycles. The number of furan rings is 1. The summed E-state index contributed by atoms with van der Waals surface area (Å²) in [5.41, 5.74) is 11.0. The Kier molecular flexibility index (Phi) is 11.7. The molecule has 0 unspecified atom stereocenters. The van der Waals surface area contributed by atoms with Gasteiger partial charge in [0, 0.05) is 35.0 Å². The zero-order chi connectivity index (χ0) is 49.5. The average Bonchev–Trinajstić information content (AvgIpc) is 3.78. The molecule has 0 spiro atoms.